The molecule has 2 rings (SSSR count). The predicted octanol–water partition coefficient (Wildman–Crippen LogP) is 3.28. The van der Waals surface area contributed by atoms with Crippen molar-refractivity contribution in [2.45, 2.75) is 44.4 Å². The van der Waals surface area contributed by atoms with Gasteiger partial charge in [0.25, 0.3) is 0 Å². The van der Waals surface area contributed by atoms with Gasteiger partial charge in [0.2, 0.25) is 0 Å². The average molecular weight is 218 g/mol. The second kappa shape index (κ2) is 4.28. The fourth-order valence-electron chi connectivity index (χ4n) is 2.88. The minimum absolute atomic E-state index is 0.0994. The molecule has 86 valence electrons. The Bertz CT molecular complexity index is 389. The maximum Gasteiger partial charge on any atom is 0.304 e. The molecule has 2 heteroatoms. The summed E-state index contributed by atoms with van der Waals surface area (Å²) in [5, 5.41) is 9.07. The van der Waals surface area contributed by atoms with Gasteiger partial charge in [0, 0.05) is 5.41 Å². The maximum absolute atomic E-state index is 11.0. The molecule has 0 amide bonds. The molecular weight excluding hydrogens is 200 g/mol. The van der Waals surface area contributed by atoms with Crippen LogP contribution in [0.4, 0.5) is 0 Å². The van der Waals surface area contributed by atoms with Crippen molar-refractivity contribution in [1.29, 1.82) is 0 Å². The fourth-order valence-corrected chi connectivity index (χ4v) is 2.88. The third-order valence-corrected chi connectivity index (χ3v) is 3.68. The van der Waals surface area contributed by atoms with Crippen molar-refractivity contribution in [2.24, 2.45) is 0 Å². The summed E-state index contributed by atoms with van der Waals surface area (Å²) in [5.41, 5.74) is 2.33. The van der Waals surface area contributed by atoms with Gasteiger partial charge in [-0.25, -0.2) is 0 Å². The van der Waals surface area contributed by atoms with Crippen LogP contribution < -0.4 is 0 Å². The number of benzene rings is 1. The minimum Gasteiger partial charge on any atom is -0.481 e. The highest BCUT2D eigenvalue weighted by Crippen LogP contribution is 2.43. The summed E-state index contributed by atoms with van der Waals surface area (Å²) in [5.74, 6) is -0.677. The Morgan fingerprint density at radius 2 is 2.06 bits per heavy atom. The molecule has 16 heavy (non-hydrogen) atoms. The quantitative estimate of drug-likeness (QED) is 0.845. The summed E-state index contributed by atoms with van der Waals surface area (Å²) in [7, 11) is 0. The lowest BCUT2D eigenvalue weighted by molar-refractivity contribution is -0.138. The van der Waals surface area contributed by atoms with Gasteiger partial charge < -0.3 is 5.11 Å². The molecule has 1 aliphatic carbocycles. The second-order valence-electron chi connectivity index (χ2n) is 4.93. The first-order valence-electron chi connectivity index (χ1n) is 5.91. The number of aliphatic carboxylic acids is 1. The Labute approximate surface area is 96.3 Å². The minimum atomic E-state index is -0.677. The van der Waals surface area contributed by atoms with Gasteiger partial charge >= 0.3 is 5.97 Å². The normalized spacial score (nSPS) is 18.6. The Kier molecular flexibility index (Phi) is 2.99. The zero-order valence-electron chi connectivity index (χ0n) is 9.70. The van der Waals surface area contributed by atoms with E-state index < -0.39 is 5.97 Å². The first kappa shape index (κ1) is 11.2. The van der Waals surface area contributed by atoms with Crippen molar-refractivity contribution in [3.8, 4) is 0 Å². The summed E-state index contributed by atoms with van der Waals surface area (Å²) in [6, 6.07) is 8.33. The molecule has 1 aromatic carbocycles. The molecule has 0 atom stereocenters. The summed E-state index contributed by atoms with van der Waals surface area (Å²) >= 11 is 0. The van der Waals surface area contributed by atoms with E-state index in [1.54, 1.807) is 0 Å². The molecule has 1 aromatic rings. The van der Waals surface area contributed by atoms with E-state index in [0.29, 0.717) is 0 Å². The van der Waals surface area contributed by atoms with Crippen molar-refractivity contribution < 1.29 is 9.90 Å². The smallest absolute Gasteiger partial charge is 0.304 e. The Morgan fingerprint density at radius 1 is 1.38 bits per heavy atom. The number of hydrogen-bond donors (Lipinski definition) is 1. The lowest BCUT2D eigenvalue weighted by Crippen LogP contribution is -2.25. The van der Waals surface area contributed by atoms with E-state index in [2.05, 4.69) is 25.1 Å². The standard InChI is InChI=1S/C14H18O2/c1-11-5-4-6-12(9-11)14(10-13(15)16)7-2-3-8-14/h4-6,9H,2-3,7-8,10H2,1H3,(H,15,16). The Balaban J connectivity index is 2.35. The molecule has 1 N–H and O–H groups in total. The molecule has 0 radical (unpaired) electrons. The number of carboxylic acids is 1. The second-order valence-corrected chi connectivity index (χ2v) is 4.93. The molecule has 0 aromatic heterocycles. The van der Waals surface area contributed by atoms with Crippen LogP contribution in [0.25, 0.3) is 0 Å². The molecule has 0 unspecified atom stereocenters. The third kappa shape index (κ3) is 2.11. The van der Waals surface area contributed by atoms with Crippen LogP contribution in [-0.2, 0) is 10.2 Å². The van der Waals surface area contributed by atoms with Gasteiger partial charge in [-0.05, 0) is 25.3 Å². The van der Waals surface area contributed by atoms with Gasteiger partial charge in [0.05, 0.1) is 6.42 Å². The molecule has 0 heterocycles. The zero-order valence-corrected chi connectivity index (χ0v) is 9.70. The van der Waals surface area contributed by atoms with Crippen LogP contribution in [0.5, 0.6) is 0 Å². The topological polar surface area (TPSA) is 37.3 Å². The highest BCUT2D eigenvalue weighted by Gasteiger charge is 2.37. The molecule has 0 spiro atoms. The molecule has 2 nitrogen and oxygen atoms in total. The molecule has 1 fully saturated rings. The van der Waals surface area contributed by atoms with Crippen molar-refractivity contribution in [3.05, 3.63) is 35.4 Å². The van der Waals surface area contributed by atoms with E-state index in [9.17, 15) is 4.79 Å². The van der Waals surface area contributed by atoms with E-state index in [4.69, 9.17) is 5.11 Å². The van der Waals surface area contributed by atoms with Gasteiger partial charge in [-0.2, -0.15) is 0 Å². The molecule has 0 saturated heterocycles. The van der Waals surface area contributed by atoms with Crippen molar-refractivity contribution in [2.75, 3.05) is 0 Å². The first-order chi connectivity index (χ1) is 7.62. The van der Waals surface area contributed by atoms with Crippen LogP contribution in [0.2, 0.25) is 0 Å². The zero-order chi connectivity index (χ0) is 11.6. The molecule has 1 saturated carbocycles. The van der Waals surface area contributed by atoms with Crippen LogP contribution in [-0.4, -0.2) is 11.1 Å². The van der Waals surface area contributed by atoms with E-state index in [-0.39, 0.29) is 11.8 Å². The van der Waals surface area contributed by atoms with Crippen LogP contribution >= 0.6 is 0 Å². The van der Waals surface area contributed by atoms with E-state index in [0.717, 1.165) is 25.7 Å². The molecule has 1 aliphatic rings. The van der Waals surface area contributed by atoms with Crippen LogP contribution in [0.1, 0.15) is 43.2 Å². The number of aryl methyl sites for hydroxylation is 1. The van der Waals surface area contributed by atoms with Crippen LogP contribution in [0, 0.1) is 6.92 Å². The Morgan fingerprint density at radius 3 is 2.62 bits per heavy atom. The van der Waals surface area contributed by atoms with E-state index in [1.807, 2.05) is 6.07 Å². The number of carboxylic acid groups (broad SMARTS) is 1. The summed E-state index contributed by atoms with van der Waals surface area (Å²) < 4.78 is 0. The van der Waals surface area contributed by atoms with Crippen molar-refractivity contribution >= 4 is 5.97 Å². The van der Waals surface area contributed by atoms with Crippen LogP contribution in [0.3, 0.4) is 0 Å². The highest BCUT2D eigenvalue weighted by atomic mass is 16.4. The molecule has 0 bridgehead atoms. The summed E-state index contributed by atoms with van der Waals surface area (Å²) in [6.45, 7) is 2.06. The van der Waals surface area contributed by atoms with Gasteiger partial charge in [-0.3, -0.25) is 4.79 Å². The van der Waals surface area contributed by atoms with Gasteiger partial charge in [-0.1, -0.05) is 42.7 Å². The lowest BCUT2D eigenvalue weighted by atomic mass is 9.76. The van der Waals surface area contributed by atoms with Crippen molar-refractivity contribution in [3.63, 3.8) is 0 Å². The SMILES string of the molecule is Cc1cccc(C2(CC(=O)O)CCCC2)c1. The largest absolute Gasteiger partial charge is 0.481 e. The summed E-state index contributed by atoms with van der Waals surface area (Å²) in [6.07, 6.45) is 4.62. The van der Waals surface area contributed by atoms with Gasteiger partial charge in [-0.15, -0.1) is 0 Å². The average Bonchev–Trinajstić information content (AvgIpc) is 2.66. The van der Waals surface area contributed by atoms with E-state index >= 15 is 0 Å². The summed E-state index contributed by atoms with van der Waals surface area (Å²) in [4.78, 5) is 11.0. The number of hydrogen-bond acceptors (Lipinski definition) is 1. The molecular formula is C14H18O2. The molecule has 0 aliphatic heterocycles. The van der Waals surface area contributed by atoms with Gasteiger partial charge in [0.15, 0.2) is 0 Å². The first-order valence-corrected chi connectivity index (χ1v) is 5.91. The maximum atomic E-state index is 11.0. The number of rotatable bonds is 3. The highest BCUT2D eigenvalue weighted by molar-refractivity contribution is 5.69. The fraction of sp³-hybridized carbons (Fsp3) is 0.500. The lowest BCUT2D eigenvalue weighted by Gasteiger charge is -2.28. The monoisotopic (exact) mass is 218 g/mol. The third-order valence-electron chi connectivity index (χ3n) is 3.68. The Hall–Kier alpha value is -1.31. The van der Waals surface area contributed by atoms with Gasteiger partial charge in [0.1, 0.15) is 0 Å². The number of carbonyl (C=O) groups is 1. The predicted molar refractivity (Wildman–Crippen MR) is 63.6 cm³/mol. The van der Waals surface area contributed by atoms with Crippen molar-refractivity contribution in [1.82, 2.24) is 0 Å². The van der Waals surface area contributed by atoms with E-state index in [1.165, 1.54) is 11.1 Å². The van der Waals surface area contributed by atoms with Crippen LogP contribution in [0.15, 0.2) is 24.3 Å².